The first kappa shape index (κ1) is 10.7. The number of piperidine rings is 1. The van der Waals surface area contributed by atoms with Crippen LogP contribution in [-0.2, 0) is 6.54 Å². The third-order valence-electron chi connectivity index (χ3n) is 3.61. The van der Waals surface area contributed by atoms with Crippen LogP contribution in [0.5, 0.6) is 0 Å². The van der Waals surface area contributed by atoms with Crippen LogP contribution in [-0.4, -0.2) is 27.6 Å². The highest BCUT2D eigenvalue weighted by atomic mass is 15.1. The molecule has 0 bridgehead atoms. The molecule has 3 rings (SSSR count). The Morgan fingerprint density at radius 2 is 2.18 bits per heavy atom. The fraction of sp³-hybridized carbons (Fsp3) is 0.538. The Hall–Kier alpha value is -1.42. The van der Waals surface area contributed by atoms with E-state index in [0.29, 0.717) is 0 Å². The van der Waals surface area contributed by atoms with E-state index in [0.717, 1.165) is 23.6 Å². The molecule has 0 atom stereocenters. The maximum absolute atomic E-state index is 4.39. The van der Waals surface area contributed by atoms with Crippen LogP contribution in [0, 0.1) is 5.92 Å². The summed E-state index contributed by atoms with van der Waals surface area (Å²) in [7, 11) is 0. The van der Waals surface area contributed by atoms with Crippen molar-refractivity contribution < 1.29 is 0 Å². The molecule has 0 aliphatic carbocycles. The van der Waals surface area contributed by atoms with Gasteiger partial charge in [-0.1, -0.05) is 0 Å². The van der Waals surface area contributed by atoms with Gasteiger partial charge in [0.25, 0.3) is 0 Å². The van der Waals surface area contributed by atoms with Gasteiger partial charge in [0, 0.05) is 12.7 Å². The summed E-state index contributed by atoms with van der Waals surface area (Å²) in [5.74, 6) is 0.859. The molecule has 4 nitrogen and oxygen atoms in total. The van der Waals surface area contributed by atoms with Crippen LogP contribution in [0.15, 0.2) is 24.7 Å². The van der Waals surface area contributed by atoms with Crippen LogP contribution < -0.4 is 5.32 Å². The second-order valence-corrected chi connectivity index (χ2v) is 4.77. The lowest BCUT2D eigenvalue weighted by Gasteiger charge is -2.22. The Bertz CT molecular complexity index is 485. The Morgan fingerprint density at radius 3 is 3.06 bits per heavy atom. The highest BCUT2D eigenvalue weighted by Crippen LogP contribution is 2.18. The zero-order valence-corrected chi connectivity index (χ0v) is 9.97. The average Bonchev–Trinajstić information content (AvgIpc) is 2.81. The van der Waals surface area contributed by atoms with Crippen LogP contribution in [0.4, 0.5) is 0 Å². The number of fused-ring (bicyclic) bond motifs is 1. The van der Waals surface area contributed by atoms with Gasteiger partial charge in [-0.05, 0) is 50.4 Å². The quantitative estimate of drug-likeness (QED) is 0.874. The molecular formula is C13H18N4. The Balaban J connectivity index is 1.68. The molecule has 0 unspecified atom stereocenters. The van der Waals surface area contributed by atoms with E-state index in [2.05, 4.69) is 19.9 Å². The van der Waals surface area contributed by atoms with Gasteiger partial charge >= 0.3 is 0 Å². The maximum atomic E-state index is 4.39. The predicted octanol–water partition coefficient (Wildman–Crippen LogP) is 1.82. The lowest BCUT2D eigenvalue weighted by Crippen LogP contribution is -2.28. The van der Waals surface area contributed by atoms with Crippen molar-refractivity contribution >= 4 is 11.2 Å². The highest BCUT2D eigenvalue weighted by molar-refractivity contribution is 5.69. The molecule has 0 amide bonds. The number of hydrogen-bond donors (Lipinski definition) is 1. The fourth-order valence-corrected chi connectivity index (χ4v) is 2.55. The molecule has 4 heteroatoms. The van der Waals surface area contributed by atoms with Gasteiger partial charge in [0.15, 0.2) is 5.65 Å². The minimum absolute atomic E-state index is 0.859. The van der Waals surface area contributed by atoms with Crippen LogP contribution in [0.1, 0.15) is 19.3 Å². The number of imidazole rings is 1. The molecule has 1 N–H and O–H groups in total. The average molecular weight is 230 g/mol. The fourth-order valence-electron chi connectivity index (χ4n) is 2.55. The van der Waals surface area contributed by atoms with Crippen LogP contribution in [0.2, 0.25) is 0 Å². The van der Waals surface area contributed by atoms with Crippen molar-refractivity contribution in [3.05, 3.63) is 24.7 Å². The highest BCUT2D eigenvalue weighted by Gasteiger charge is 2.13. The Labute approximate surface area is 101 Å². The zero-order chi connectivity index (χ0) is 11.5. The number of pyridine rings is 1. The number of hydrogen-bond acceptors (Lipinski definition) is 3. The molecule has 0 radical (unpaired) electrons. The summed E-state index contributed by atoms with van der Waals surface area (Å²) in [6, 6.07) is 3.95. The summed E-state index contributed by atoms with van der Waals surface area (Å²) in [4.78, 5) is 8.76. The zero-order valence-electron chi connectivity index (χ0n) is 9.97. The summed E-state index contributed by atoms with van der Waals surface area (Å²) >= 11 is 0. The van der Waals surface area contributed by atoms with Crippen molar-refractivity contribution in [2.24, 2.45) is 5.92 Å². The van der Waals surface area contributed by atoms with E-state index in [-0.39, 0.29) is 0 Å². The Morgan fingerprint density at radius 1 is 1.29 bits per heavy atom. The molecular weight excluding hydrogens is 212 g/mol. The van der Waals surface area contributed by atoms with Crippen molar-refractivity contribution in [3.63, 3.8) is 0 Å². The van der Waals surface area contributed by atoms with Crippen LogP contribution >= 0.6 is 0 Å². The summed E-state index contributed by atoms with van der Waals surface area (Å²) in [6.45, 7) is 3.39. The second-order valence-electron chi connectivity index (χ2n) is 4.77. The van der Waals surface area contributed by atoms with E-state index in [1.807, 2.05) is 24.7 Å². The monoisotopic (exact) mass is 230 g/mol. The minimum Gasteiger partial charge on any atom is -0.317 e. The first-order valence-electron chi connectivity index (χ1n) is 6.40. The van der Waals surface area contributed by atoms with E-state index in [9.17, 15) is 0 Å². The van der Waals surface area contributed by atoms with Crippen molar-refractivity contribution in [1.29, 1.82) is 0 Å². The Kier molecular flexibility index (Phi) is 3.05. The lowest BCUT2D eigenvalue weighted by molar-refractivity contribution is 0.339. The molecule has 90 valence electrons. The predicted molar refractivity (Wildman–Crippen MR) is 67.7 cm³/mol. The van der Waals surface area contributed by atoms with Gasteiger partial charge in [0.2, 0.25) is 0 Å². The SMILES string of the molecule is c1cnc2c(c1)ncn2CCC1CCNCC1. The van der Waals surface area contributed by atoms with Gasteiger partial charge in [0.05, 0.1) is 6.33 Å². The third kappa shape index (κ3) is 2.31. The normalized spacial score (nSPS) is 17.6. The first-order chi connectivity index (χ1) is 8.43. The topological polar surface area (TPSA) is 42.7 Å². The largest absolute Gasteiger partial charge is 0.317 e. The number of aryl methyl sites for hydroxylation is 1. The molecule has 0 aromatic carbocycles. The first-order valence-corrected chi connectivity index (χ1v) is 6.40. The van der Waals surface area contributed by atoms with Gasteiger partial charge in [-0.25, -0.2) is 9.97 Å². The maximum Gasteiger partial charge on any atom is 0.159 e. The second kappa shape index (κ2) is 4.84. The van der Waals surface area contributed by atoms with Crippen molar-refractivity contribution in [1.82, 2.24) is 19.9 Å². The van der Waals surface area contributed by atoms with Gasteiger partial charge in [-0.15, -0.1) is 0 Å². The van der Waals surface area contributed by atoms with E-state index in [1.54, 1.807) is 0 Å². The number of nitrogens with one attached hydrogen (secondary N) is 1. The van der Waals surface area contributed by atoms with Gasteiger partial charge < -0.3 is 9.88 Å². The number of aromatic nitrogens is 3. The van der Waals surface area contributed by atoms with Crippen LogP contribution in [0.3, 0.4) is 0 Å². The van der Waals surface area contributed by atoms with Gasteiger partial charge in [-0.3, -0.25) is 0 Å². The van der Waals surface area contributed by atoms with E-state index >= 15 is 0 Å². The summed E-state index contributed by atoms with van der Waals surface area (Å²) < 4.78 is 2.18. The molecule has 1 aliphatic rings. The molecule has 0 spiro atoms. The van der Waals surface area contributed by atoms with Crippen molar-refractivity contribution in [3.8, 4) is 0 Å². The molecule has 1 saturated heterocycles. The van der Waals surface area contributed by atoms with E-state index < -0.39 is 0 Å². The van der Waals surface area contributed by atoms with Crippen molar-refractivity contribution in [2.45, 2.75) is 25.8 Å². The third-order valence-corrected chi connectivity index (χ3v) is 3.61. The molecule has 1 fully saturated rings. The van der Waals surface area contributed by atoms with E-state index in [1.165, 1.54) is 32.4 Å². The standard InChI is InChI=1S/C13H18N4/c1-2-12-13(15-6-1)17(10-16-12)9-5-11-3-7-14-8-4-11/h1-2,6,10-11,14H,3-5,7-9H2. The summed E-state index contributed by atoms with van der Waals surface area (Å²) in [6.07, 6.45) is 7.60. The molecule has 2 aromatic heterocycles. The smallest absolute Gasteiger partial charge is 0.159 e. The van der Waals surface area contributed by atoms with Crippen LogP contribution in [0.25, 0.3) is 11.2 Å². The van der Waals surface area contributed by atoms with Gasteiger partial charge in [-0.2, -0.15) is 0 Å². The molecule has 3 heterocycles. The molecule has 1 aliphatic heterocycles. The molecule has 0 saturated carbocycles. The van der Waals surface area contributed by atoms with Crippen molar-refractivity contribution in [2.75, 3.05) is 13.1 Å². The van der Waals surface area contributed by atoms with Gasteiger partial charge in [0.1, 0.15) is 5.52 Å². The minimum atomic E-state index is 0.859. The lowest BCUT2D eigenvalue weighted by atomic mass is 9.95. The summed E-state index contributed by atoms with van der Waals surface area (Å²) in [5.41, 5.74) is 2.01. The number of nitrogens with zero attached hydrogens (tertiary/aromatic N) is 3. The van der Waals surface area contributed by atoms with E-state index in [4.69, 9.17) is 0 Å². The molecule has 2 aromatic rings. The summed E-state index contributed by atoms with van der Waals surface area (Å²) in [5, 5.41) is 3.41. The number of rotatable bonds is 3. The molecule has 17 heavy (non-hydrogen) atoms.